The second-order valence-electron chi connectivity index (χ2n) is 6.35. The van der Waals surface area contributed by atoms with Gasteiger partial charge >= 0.3 is 0 Å². The summed E-state index contributed by atoms with van der Waals surface area (Å²) < 4.78 is 0. The number of benzene rings is 2. The van der Waals surface area contributed by atoms with Gasteiger partial charge in [-0.2, -0.15) is 0 Å². The molecule has 2 aromatic rings. The van der Waals surface area contributed by atoms with Gasteiger partial charge in [-0.15, -0.1) is 0 Å². The van der Waals surface area contributed by atoms with Crippen molar-refractivity contribution in [1.82, 2.24) is 0 Å². The molecule has 0 N–H and O–H groups in total. The average molecular weight is 309 g/mol. The molecule has 0 atom stereocenters. The molecule has 0 unspecified atom stereocenters. The molecule has 0 radical (unpaired) electrons. The molecule has 0 bridgehead atoms. The van der Waals surface area contributed by atoms with E-state index >= 15 is 0 Å². The quantitative estimate of drug-likeness (QED) is 0.792. The predicted molar refractivity (Wildman–Crippen MR) is 99.2 cm³/mol. The Morgan fingerprint density at radius 3 is 2.36 bits per heavy atom. The minimum atomic E-state index is -1.74. The fraction of sp³-hybridized carbons (Fsp3) is 0.316. The smallest absolute Gasteiger partial charge is 0.123 e. The molecule has 1 heterocycles. The van der Waals surface area contributed by atoms with Crippen molar-refractivity contribution in [2.75, 3.05) is 19.0 Å². The van der Waals surface area contributed by atoms with Gasteiger partial charge in [-0.05, 0) is 39.9 Å². The largest absolute Gasteiger partial charge is 0.378 e. The van der Waals surface area contributed by atoms with Crippen LogP contribution in [0, 0.1) is 0 Å². The van der Waals surface area contributed by atoms with Crippen LogP contribution in [0.1, 0.15) is 13.8 Å². The molecule has 0 aromatic heterocycles. The molecule has 0 saturated carbocycles. The Morgan fingerprint density at radius 1 is 1.00 bits per heavy atom. The molecule has 0 saturated heterocycles. The zero-order valence-corrected chi connectivity index (χ0v) is 15.0. The Hall–Kier alpha value is -1.87. The lowest BCUT2D eigenvalue weighted by Crippen LogP contribution is -2.64. The van der Waals surface area contributed by atoms with Crippen LogP contribution in [0.4, 0.5) is 11.4 Å². The van der Waals surface area contributed by atoms with Crippen LogP contribution in [0.5, 0.6) is 0 Å². The van der Waals surface area contributed by atoms with Crippen LogP contribution < -0.4 is 25.8 Å². The van der Waals surface area contributed by atoms with Crippen molar-refractivity contribution < 1.29 is 0 Å². The normalized spacial score (nSPS) is 14.7. The van der Waals surface area contributed by atoms with Crippen molar-refractivity contribution in [2.24, 2.45) is 4.99 Å². The highest BCUT2D eigenvalue weighted by atomic mass is 28.3. The molecular weight excluding hydrogens is 284 g/mol. The van der Waals surface area contributed by atoms with Crippen LogP contribution in [0.3, 0.4) is 0 Å². The van der Waals surface area contributed by atoms with E-state index in [9.17, 15) is 0 Å². The lowest BCUT2D eigenvalue weighted by Gasteiger charge is -2.35. The Morgan fingerprint density at radius 2 is 1.73 bits per heavy atom. The lowest BCUT2D eigenvalue weighted by molar-refractivity contribution is 1.13. The maximum atomic E-state index is 4.93. The van der Waals surface area contributed by atoms with Gasteiger partial charge in [0.25, 0.3) is 0 Å². The average Bonchev–Trinajstić information content (AvgIpc) is 2.52. The van der Waals surface area contributed by atoms with Gasteiger partial charge in [-0.25, -0.2) is 4.99 Å². The van der Waals surface area contributed by atoms with Gasteiger partial charge in [-0.1, -0.05) is 44.6 Å². The Labute approximate surface area is 133 Å². The minimum Gasteiger partial charge on any atom is -0.378 e. The number of hydrogen-bond acceptors (Lipinski definition) is 2. The minimum absolute atomic E-state index is 1.10. The number of hydrogen-bond donors (Lipinski definition) is 0. The van der Waals surface area contributed by atoms with Crippen LogP contribution >= 0.6 is 0 Å². The number of rotatable bonds is 3. The zero-order valence-electron chi connectivity index (χ0n) is 14.0. The van der Waals surface area contributed by atoms with Crippen LogP contribution in [-0.4, -0.2) is 22.2 Å². The Balaban J connectivity index is 2.39. The summed E-state index contributed by atoms with van der Waals surface area (Å²) in [6.07, 6.45) is 0. The summed E-state index contributed by atoms with van der Waals surface area (Å²) in [5.41, 5.74) is 2.44. The third-order valence-corrected chi connectivity index (χ3v) is 10.3. The third-order valence-electron chi connectivity index (χ3n) is 5.04. The van der Waals surface area contributed by atoms with E-state index in [1.165, 1.54) is 33.8 Å². The Bertz CT molecular complexity index is 820. The molecule has 1 aliphatic heterocycles. The molecule has 3 rings (SSSR count). The molecule has 2 aromatic carbocycles. The maximum absolute atomic E-state index is 4.93. The number of anilines is 1. The number of nitrogens with zero attached hydrogens (tertiary/aromatic N) is 2. The molecule has 3 heteroatoms. The first-order valence-corrected chi connectivity index (χ1v) is 10.4. The van der Waals surface area contributed by atoms with Crippen LogP contribution in [0.15, 0.2) is 41.4 Å². The van der Waals surface area contributed by atoms with Crippen molar-refractivity contribution in [3.8, 4) is 0 Å². The topological polar surface area (TPSA) is 15.6 Å². The van der Waals surface area contributed by atoms with Gasteiger partial charge in [0.2, 0.25) is 0 Å². The van der Waals surface area contributed by atoms with Crippen LogP contribution in [0.2, 0.25) is 12.1 Å². The van der Waals surface area contributed by atoms with E-state index < -0.39 is 8.07 Å². The highest BCUT2D eigenvalue weighted by molar-refractivity contribution is 7.03. The monoisotopic (exact) mass is 308 g/mol. The standard InChI is InChI=1S/C19H24N2Si/c1-6-22(7-2)18-12-14(3)8-10-16(18)20-17-11-9-15(21(4)5)13-19(17)22/h8-13H,3,6-7H2,1-2,4-5H3. The molecule has 114 valence electrons. The first-order valence-electron chi connectivity index (χ1n) is 8.02. The van der Waals surface area contributed by atoms with E-state index in [4.69, 9.17) is 4.99 Å². The molecule has 0 aliphatic carbocycles. The molecule has 0 amide bonds. The summed E-state index contributed by atoms with van der Waals surface area (Å²) in [6.45, 7) is 8.82. The lowest BCUT2D eigenvalue weighted by atomic mass is 10.2. The van der Waals surface area contributed by atoms with E-state index in [1.54, 1.807) is 0 Å². The number of fused-ring (bicyclic) bond motifs is 2. The molecule has 0 fully saturated rings. The van der Waals surface area contributed by atoms with Crippen molar-refractivity contribution in [3.63, 3.8) is 0 Å². The SMILES string of the molecule is C=c1ccc2c(c1)[Si](CC)(CC)c1cc(N(C)C)ccc1N=2. The summed E-state index contributed by atoms with van der Waals surface area (Å²) in [5.74, 6) is 0. The molecule has 1 aliphatic rings. The predicted octanol–water partition coefficient (Wildman–Crippen LogP) is 2.03. The fourth-order valence-electron chi connectivity index (χ4n) is 3.63. The molecule has 0 spiro atoms. The van der Waals surface area contributed by atoms with Gasteiger partial charge in [0.05, 0.1) is 11.0 Å². The highest BCUT2D eigenvalue weighted by Crippen LogP contribution is 2.26. The van der Waals surface area contributed by atoms with Gasteiger partial charge in [-0.3, -0.25) is 0 Å². The summed E-state index contributed by atoms with van der Waals surface area (Å²) in [4.78, 5) is 7.11. The maximum Gasteiger partial charge on any atom is 0.123 e. The van der Waals surface area contributed by atoms with Crippen molar-refractivity contribution >= 4 is 36.4 Å². The van der Waals surface area contributed by atoms with E-state index in [0.717, 1.165) is 10.6 Å². The van der Waals surface area contributed by atoms with Crippen LogP contribution in [0.25, 0.3) is 6.58 Å². The van der Waals surface area contributed by atoms with Gasteiger partial charge < -0.3 is 4.90 Å². The highest BCUT2D eigenvalue weighted by Gasteiger charge is 2.39. The summed E-state index contributed by atoms with van der Waals surface area (Å²) >= 11 is 0. The second kappa shape index (κ2) is 5.40. The van der Waals surface area contributed by atoms with E-state index in [1.807, 2.05) is 0 Å². The fourth-order valence-corrected chi connectivity index (χ4v) is 8.09. The van der Waals surface area contributed by atoms with E-state index in [0.29, 0.717) is 0 Å². The second-order valence-corrected chi connectivity index (χ2v) is 11.0. The Kier molecular flexibility index (Phi) is 3.69. The first-order chi connectivity index (χ1) is 10.5. The van der Waals surface area contributed by atoms with Gasteiger partial charge in [0, 0.05) is 19.8 Å². The first kappa shape index (κ1) is 15.0. The third kappa shape index (κ3) is 2.12. The van der Waals surface area contributed by atoms with E-state index in [2.05, 4.69) is 75.8 Å². The van der Waals surface area contributed by atoms with Crippen molar-refractivity contribution in [3.05, 3.63) is 47.0 Å². The summed E-state index contributed by atoms with van der Waals surface area (Å²) in [7, 11) is 2.46. The van der Waals surface area contributed by atoms with Crippen molar-refractivity contribution in [1.29, 1.82) is 0 Å². The van der Waals surface area contributed by atoms with Crippen molar-refractivity contribution in [2.45, 2.75) is 25.9 Å². The van der Waals surface area contributed by atoms with Gasteiger partial charge in [0.15, 0.2) is 0 Å². The summed E-state index contributed by atoms with van der Waals surface area (Å²) in [6, 6.07) is 15.7. The molecule has 2 nitrogen and oxygen atoms in total. The molecule has 22 heavy (non-hydrogen) atoms. The summed E-state index contributed by atoms with van der Waals surface area (Å²) in [5, 5.41) is 5.21. The van der Waals surface area contributed by atoms with Gasteiger partial charge in [0.1, 0.15) is 8.07 Å². The zero-order chi connectivity index (χ0) is 15.9. The van der Waals surface area contributed by atoms with E-state index in [-0.39, 0.29) is 0 Å². The molecular formula is C19H24N2Si. The van der Waals surface area contributed by atoms with Crippen LogP contribution in [-0.2, 0) is 0 Å².